The first-order chi connectivity index (χ1) is 17.1. The van der Waals surface area contributed by atoms with Crippen molar-refractivity contribution < 1.29 is 38.4 Å². The number of aliphatic hydroxyl groups excluding tert-OH is 1. The van der Waals surface area contributed by atoms with E-state index in [-0.39, 0.29) is 49.8 Å². The Balaban J connectivity index is 1.29. The number of benzene rings is 2. The van der Waals surface area contributed by atoms with Gasteiger partial charge in [-0.25, -0.2) is 0 Å². The van der Waals surface area contributed by atoms with Crippen molar-refractivity contribution in [3.63, 3.8) is 0 Å². The minimum atomic E-state index is -0.551. The van der Waals surface area contributed by atoms with Crippen LogP contribution in [0.5, 0.6) is 17.2 Å². The minimum Gasteiger partial charge on any atom is -0.487 e. The Morgan fingerprint density at radius 2 is 1.94 bits per heavy atom. The number of carbonyl (C=O) groups excluding carboxylic acids is 2. The van der Waals surface area contributed by atoms with Gasteiger partial charge in [-0.05, 0) is 42.8 Å². The summed E-state index contributed by atoms with van der Waals surface area (Å²) in [5, 5.41) is 15.6. The number of rotatable bonds is 8. The molecule has 1 fully saturated rings. The van der Waals surface area contributed by atoms with Gasteiger partial charge in [0.1, 0.15) is 18.0 Å². The Morgan fingerprint density at radius 3 is 2.77 bits per heavy atom. The van der Waals surface area contributed by atoms with E-state index in [1.807, 2.05) is 12.1 Å². The summed E-state index contributed by atoms with van der Waals surface area (Å²) < 4.78 is 27.7. The highest BCUT2D eigenvalue weighted by Gasteiger charge is 2.46. The molecule has 1 saturated heterocycles. The number of hydrogen-bond acceptors (Lipinski definition) is 8. The lowest BCUT2D eigenvalue weighted by atomic mass is 9.84. The van der Waals surface area contributed by atoms with E-state index in [1.54, 1.807) is 31.4 Å². The van der Waals surface area contributed by atoms with Crippen molar-refractivity contribution in [1.29, 1.82) is 0 Å². The number of anilines is 1. The summed E-state index contributed by atoms with van der Waals surface area (Å²) in [5.74, 6) is 1.36. The molecule has 0 spiro atoms. The molecule has 186 valence electrons. The molecular weight excluding hydrogens is 456 g/mol. The Bertz CT molecular complexity index is 1110. The molecule has 3 N–H and O–H groups in total. The van der Waals surface area contributed by atoms with E-state index < -0.39 is 6.10 Å². The van der Waals surface area contributed by atoms with Crippen molar-refractivity contribution in [1.82, 2.24) is 5.32 Å². The van der Waals surface area contributed by atoms with Crippen molar-refractivity contribution in [2.45, 2.75) is 37.1 Å². The van der Waals surface area contributed by atoms with Crippen LogP contribution in [0.25, 0.3) is 0 Å². The smallest absolute Gasteiger partial charge is 0.255 e. The quantitative estimate of drug-likeness (QED) is 0.485. The highest BCUT2D eigenvalue weighted by molar-refractivity contribution is 6.04. The average molecular weight is 485 g/mol. The van der Waals surface area contributed by atoms with E-state index in [2.05, 4.69) is 10.6 Å². The molecule has 10 nitrogen and oxygen atoms in total. The fourth-order valence-electron chi connectivity index (χ4n) is 4.78. The molecule has 0 aliphatic carbocycles. The number of amides is 2. The van der Waals surface area contributed by atoms with Crippen LogP contribution in [0.1, 0.15) is 34.7 Å². The third-order valence-corrected chi connectivity index (χ3v) is 6.43. The second kappa shape index (κ2) is 10.1. The third-order valence-electron chi connectivity index (χ3n) is 6.43. The van der Waals surface area contributed by atoms with Gasteiger partial charge in [0.05, 0.1) is 25.7 Å². The van der Waals surface area contributed by atoms with Crippen LogP contribution >= 0.6 is 0 Å². The molecule has 10 heteroatoms. The maximum Gasteiger partial charge on any atom is 0.255 e. The number of aliphatic hydroxyl groups is 1. The van der Waals surface area contributed by atoms with Crippen LogP contribution in [0.2, 0.25) is 0 Å². The fraction of sp³-hybridized carbons (Fsp3) is 0.440. The van der Waals surface area contributed by atoms with Gasteiger partial charge in [-0.15, -0.1) is 0 Å². The predicted molar refractivity (Wildman–Crippen MR) is 124 cm³/mol. The highest BCUT2D eigenvalue weighted by Crippen LogP contribution is 2.47. The Hall–Kier alpha value is -3.34. The largest absolute Gasteiger partial charge is 0.487 e. The summed E-state index contributed by atoms with van der Waals surface area (Å²) in [7, 11) is 1.58. The van der Waals surface area contributed by atoms with Gasteiger partial charge in [0.15, 0.2) is 11.5 Å². The van der Waals surface area contributed by atoms with Gasteiger partial charge < -0.3 is 39.4 Å². The van der Waals surface area contributed by atoms with Crippen LogP contribution in [-0.2, 0) is 14.3 Å². The molecule has 3 heterocycles. The second-order valence-electron chi connectivity index (χ2n) is 8.73. The van der Waals surface area contributed by atoms with Crippen molar-refractivity contribution in [3.05, 3.63) is 47.5 Å². The number of methoxy groups -OCH3 is 1. The van der Waals surface area contributed by atoms with Crippen molar-refractivity contribution >= 4 is 17.5 Å². The van der Waals surface area contributed by atoms with Gasteiger partial charge in [-0.1, -0.05) is 0 Å². The van der Waals surface area contributed by atoms with E-state index in [0.29, 0.717) is 48.1 Å². The second-order valence-corrected chi connectivity index (χ2v) is 8.73. The van der Waals surface area contributed by atoms with Crippen LogP contribution in [0.3, 0.4) is 0 Å². The van der Waals surface area contributed by atoms with Crippen molar-refractivity contribution in [3.8, 4) is 17.2 Å². The Kier molecular flexibility index (Phi) is 6.76. The zero-order chi connectivity index (χ0) is 24.4. The van der Waals surface area contributed by atoms with E-state index in [1.165, 1.54) is 0 Å². The molecule has 5 rings (SSSR count). The normalized spacial score (nSPS) is 23.7. The maximum absolute atomic E-state index is 12.8. The fourth-order valence-corrected chi connectivity index (χ4v) is 4.78. The van der Waals surface area contributed by atoms with E-state index in [9.17, 15) is 14.7 Å². The van der Waals surface area contributed by atoms with Crippen LogP contribution in [0.4, 0.5) is 5.69 Å². The molecule has 0 radical (unpaired) electrons. The van der Waals surface area contributed by atoms with Crippen LogP contribution in [-0.4, -0.2) is 68.9 Å². The maximum atomic E-state index is 12.8. The number of fused-ring (bicyclic) bond motifs is 4. The molecule has 2 amide bonds. The molecule has 2 aromatic rings. The molecule has 3 aliphatic rings. The van der Waals surface area contributed by atoms with Gasteiger partial charge in [0, 0.05) is 36.4 Å². The first kappa shape index (κ1) is 23.4. The van der Waals surface area contributed by atoms with Crippen molar-refractivity contribution in [2.24, 2.45) is 0 Å². The summed E-state index contributed by atoms with van der Waals surface area (Å²) in [6.45, 7) is 0.784. The Labute approximate surface area is 202 Å². The number of hydrogen-bond donors (Lipinski definition) is 3. The van der Waals surface area contributed by atoms with Gasteiger partial charge >= 0.3 is 0 Å². The molecular formula is C25H28N2O8. The summed E-state index contributed by atoms with van der Waals surface area (Å²) in [5.41, 5.74) is 2.00. The third kappa shape index (κ3) is 4.90. The average Bonchev–Trinajstić information content (AvgIpc) is 3.47. The molecule has 0 saturated carbocycles. The minimum absolute atomic E-state index is 0.0740. The molecule has 3 aliphatic heterocycles. The molecule has 0 bridgehead atoms. The summed E-state index contributed by atoms with van der Waals surface area (Å²) in [6, 6.07) is 10.5. The Morgan fingerprint density at radius 1 is 1.11 bits per heavy atom. The van der Waals surface area contributed by atoms with Crippen molar-refractivity contribution in [2.75, 3.05) is 39.0 Å². The van der Waals surface area contributed by atoms with Gasteiger partial charge in [0.2, 0.25) is 12.7 Å². The van der Waals surface area contributed by atoms with E-state index in [0.717, 1.165) is 5.56 Å². The number of nitrogens with one attached hydrogen (secondary N) is 2. The van der Waals surface area contributed by atoms with Crippen LogP contribution in [0, 0.1) is 0 Å². The zero-order valence-electron chi connectivity index (χ0n) is 19.3. The lowest BCUT2D eigenvalue weighted by molar-refractivity contribution is -0.142. The number of carbonyl (C=O) groups is 2. The van der Waals surface area contributed by atoms with Gasteiger partial charge in [0.25, 0.3) is 5.91 Å². The van der Waals surface area contributed by atoms with Crippen LogP contribution in [0.15, 0.2) is 36.4 Å². The van der Waals surface area contributed by atoms with Gasteiger partial charge in [-0.3, -0.25) is 9.59 Å². The first-order valence-corrected chi connectivity index (χ1v) is 11.6. The lowest BCUT2D eigenvalue weighted by Crippen LogP contribution is -2.47. The molecule has 4 atom stereocenters. The predicted octanol–water partition coefficient (Wildman–Crippen LogP) is 1.81. The molecule has 0 unspecified atom stereocenters. The van der Waals surface area contributed by atoms with Gasteiger partial charge in [-0.2, -0.15) is 0 Å². The zero-order valence-corrected chi connectivity index (χ0v) is 19.3. The molecule has 2 aromatic carbocycles. The standard InChI is InChI=1S/C25H28N2O8/c1-31-7-6-26-23(29)11-16-10-18-17-9-15(3-5-19(17)35-24(18)22(12-28)34-16)27-25(30)14-2-4-20-21(8-14)33-13-32-20/h2-5,8-9,16,18,22,24,28H,6-7,10-13H2,1H3,(H,26,29)(H,27,30)/t16-,18-,22-,24+/m0/s1. The lowest BCUT2D eigenvalue weighted by Gasteiger charge is -2.37. The summed E-state index contributed by atoms with van der Waals surface area (Å²) >= 11 is 0. The summed E-state index contributed by atoms with van der Waals surface area (Å²) in [4.78, 5) is 25.1. The van der Waals surface area contributed by atoms with E-state index in [4.69, 9.17) is 23.7 Å². The molecule has 0 aromatic heterocycles. The summed E-state index contributed by atoms with van der Waals surface area (Å²) in [6.07, 6.45) is -0.533. The SMILES string of the molecule is COCCNC(=O)C[C@@H]1C[C@H]2c3cc(NC(=O)c4ccc5c(c4)OCO5)ccc3O[C@H]2[C@H](CO)O1. The topological polar surface area (TPSA) is 125 Å². The highest BCUT2D eigenvalue weighted by atomic mass is 16.7. The molecule has 35 heavy (non-hydrogen) atoms. The van der Waals surface area contributed by atoms with E-state index >= 15 is 0 Å². The monoisotopic (exact) mass is 484 g/mol. The first-order valence-electron chi connectivity index (χ1n) is 11.6. The van der Waals surface area contributed by atoms with Crippen LogP contribution < -0.4 is 24.8 Å². The number of ether oxygens (including phenoxy) is 5.